The molecule has 0 heterocycles. The molecule has 0 saturated heterocycles. The van der Waals surface area contributed by atoms with Crippen molar-refractivity contribution in [1.82, 2.24) is 0 Å². The van der Waals surface area contributed by atoms with Gasteiger partial charge in [0.25, 0.3) is 11.6 Å². The second kappa shape index (κ2) is 10.1. The molecule has 0 unspecified atom stereocenters. The van der Waals surface area contributed by atoms with Crippen LogP contribution in [0.1, 0.15) is 30.6 Å². The third-order valence-corrected chi connectivity index (χ3v) is 3.87. The average molecular weight is 402 g/mol. The van der Waals surface area contributed by atoms with E-state index in [1.54, 1.807) is 24.3 Å². The first-order chi connectivity index (χ1) is 13.8. The van der Waals surface area contributed by atoms with E-state index < -0.39 is 22.9 Å². The zero-order chi connectivity index (χ0) is 21.4. The number of carbonyl (C=O) groups excluding carboxylic acids is 2. The normalized spacial score (nSPS) is 11.3. The van der Waals surface area contributed by atoms with Gasteiger partial charge >= 0.3 is 5.97 Å². The summed E-state index contributed by atoms with van der Waals surface area (Å²) in [6, 6.07) is 10.2. The predicted octanol–water partition coefficient (Wildman–Crippen LogP) is 3.58. The number of nitro groups is 1. The first kappa shape index (κ1) is 21.7. The number of esters is 1. The minimum absolute atomic E-state index is 0.104. The number of amides is 1. The Balaban J connectivity index is 2.02. The highest BCUT2D eigenvalue weighted by molar-refractivity contribution is 5.98. The quantitative estimate of drug-likeness (QED) is 0.387. The van der Waals surface area contributed by atoms with E-state index in [0.717, 1.165) is 6.42 Å². The summed E-state index contributed by atoms with van der Waals surface area (Å²) in [6.45, 7) is 3.96. The summed E-state index contributed by atoms with van der Waals surface area (Å²) in [4.78, 5) is 35.0. The lowest BCUT2D eigenvalue weighted by Crippen LogP contribution is -2.30. The number of nitrogens with zero attached hydrogens (tertiary/aromatic N) is 1. The van der Waals surface area contributed by atoms with Crippen LogP contribution in [0.3, 0.4) is 0 Å². The van der Waals surface area contributed by atoms with Crippen molar-refractivity contribution >= 4 is 23.3 Å². The fourth-order valence-corrected chi connectivity index (χ4v) is 2.33. The summed E-state index contributed by atoms with van der Waals surface area (Å²) in [7, 11) is 1.37. The topological polar surface area (TPSA) is 117 Å². The maximum atomic E-state index is 12.4. The van der Waals surface area contributed by atoms with E-state index in [1.807, 2.05) is 6.92 Å². The molecule has 0 saturated carbocycles. The molecule has 0 aliphatic carbocycles. The molecule has 154 valence electrons. The summed E-state index contributed by atoms with van der Waals surface area (Å²) in [5.74, 6) is -0.460. The van der Waals surface area contributed by atoms with E-state index in [2.05, 4.69) is 5.32 Å². The number of carbonyl (C=O) groups is 2. The molecule has 0 aliphatic rings. The minimum atomic E-state index is -1.14. The standard InChI is InChI=1S/C20H22N2O7/c1-4-11-28-16-8-5-14(6-9-16)20(24)29-13(2)19(23)21-17-12-15(22(25)26)7-10-18(17)27-3/h5-10,12-13H,4,11H2,1-3H3,(H,21,23)/t13-/m1/s1. The molecule has 0 radical (unpaired) electrons. The lowest BCUT2D eigenvalue weighted by atomic mass is 10.2. The number of hydrogen-bond acceptors (Lipinski definition) is 7. The minimum Gasteiger partial charge on any atom is -0.495 e. The second-order valence-corrected chi connectivity index (χ2v) is 6.05. The summed E-state index contributed by atoms with van der Waals surface area (Å²) in [5.41, 5.74) is 0.157. The molecule has 9 heteroatoms. The second-order valence-electron chi connectivity index (χ2n) is 6.05. The predicted molar refractivity (Wildman–Crippen MR) is 105 cm³/mol. The zero-order valence-electron chi connectivity index (χ0n) is 16.3. The van der Waals surface area contributed by atoms with E-state index in [0.29, 0.717) is 12.4 Å². The van der Waals surface area contributed by atoms with Crippen molar-refractivity contribution in [2.45, 2.75) is 26.4 Å². The van der Waals surface area contributed by atoms with Gasteiger partial charge in [0.1, 0.15) is 11.5 Å². The molecule has 2 rings (SSSR count). The number of rotatable bonds is 9. The Bertz CT molecular complexity index is 881. The summed E-state index contributed by atoms with van der Waals surface area (Å²) in [5, 5.41) is 13.4. The molecule has 1 amide bonds. The van der Waals surface area contributed by atoms with Gasteiger partial charge in [0.05, 0.1) is 29.9 Å². The maximum Gasteiger partial charge on any atom is 0.338 e. The zero-order valence-corrected chi connectivity index (χ0v) is 16.3. The van der Waals surface area contributed by atoms with Gasteiger partial charge in [-0.2, -0.15) is 0 Å². The van der Waals surface area contributed by atoms with E-state index in [9.17, 15) is 19.7 Å². The van der Waals surface area contributed by atoms with Crippen molar-refractivity contribution in [2.75, 3.05) is 19.0 Å². The number of benzene rings is 2. The number of anilines is 1. The average Bonchev–Trinajstić information content (AvgIpc) is 2.72. The van der Waals surface area contributed by atoms with Gasteiger partial charge in [-0.05, 0) is 43.7 Å². The molecule has 0 aromatic heterocycles. The lowest BCUT2D eigenvalue weighted by Gasteiger charge is -2.15. The van der Waals surface area contributed by atoms with Gasteiger partial charge in [-0.25, -0.2) is 4.79 Å². The van der Waals surface area contributed by atoms with Crippen molar-refractivity contribution in [3.63, 3.8) is 0 Å². The molecule has 2 aromatic carbocycles. The monoisotopic (exact) mass is 402 g/mol. The van der Waals surface area contributed by atoms with Crippen LogP contribution in [0.4, 0.5) is 11.4 Å². The third-order valence-electron chi connectivity index (χ3n) is 3.87. The highest BCUT2D eigenvalue weighted by Crippen LogP contribution is 2.29. The summed E-state index contributed by atoms with van der Waals surface area (Å²) in [6.07, 6.45) is -0.270. The van der Waals surface area contributed by atoms with Gasteiger partial charge in [-0.15, -0.1) is 0 Å². The third kappa shape index (κ3) is 5.93. The van der Waals surface area contributed by atoms with E-state index in [-0.39, 0.29) is 22.7 Å². The number of ether oxygens (including phenoxy) is 3. The molecule has 0 spiro atoms. The SMILES string of the molecule is CCCOc1ccc(C(=O)O[C@H](C)C(=O)Nc2cc([N+](=O)[O-])ccc2OC)cc1. The fraction of sp³-hybridized carbons (Fsp3) is 0.300. The molecular weight excluding hydrogens is 380 g/mol. The van der Waals surface area contributed by atoms with Gasteiger partial charge < -0.3 is 19.5 Å². The Hall–Kier alpha value is -3.62. The Morgan fingerprint density at radius 2 is 1.86 bits per heavy atom. The molecule has 2 aromatic rings. The van der Waals surface area contributed by atoms with Gasteiger partial charge in [-0.1, -0.05) is 6.92 Å². The molecule has 1 atom stereocenters. The Morgan fingerprint density at radius 3 is 2.45 bits per heavy atom. The number of non-ortho nitro benzene ring substituents is 1. The molecule has 0 fully saturated rings. The van der Waals surface area contributed by atoms with Crippen LogP contribution in [0.2, 0.25) is 0 Å². The molecule has 0 aliphatic heterocycles. The molecule has 0 bridgehead atoms. The van der Waals surface area contributed by atoms with Crippen molar-refractivity contribution < 1.29 is 28.7 Å². The van der Waals surface area contributed by atoms with Crippen LogP contribution in [0.25, 0.3) is 0 Å². The van der Waals surface area contributed by atoms with Crippen LogP contribution < -0.4 is 14.8 Å². The van der Waals surface area contributed by atoms with Crippen LogP contribution in [0, 0.1) is 10.1 Å². The van der Waals surface area contributed by atoms with Crippen molar-refractivity contribution in [2.24, 2.45) is 0 Å². The number of nitrogens with one attached hydrogen (secondary N) is 1. The first-order valence-corrected chi connectivity index (χ1v) is 8.92. The van der Waals surface area contributed by atoms with Crippen LogP contribution in [-0.4, -0.2) is 36.6 Å². The van der Waals surface area contributed by atoms with Crippen molar-refractivity contribution in [1.29, 1.82) is 0 Å². The number of methoxy groups -OCH3 is 1. The first-order valence-electron chi connectivity index (χ1n) is 8.92. The van der Waals surface area contributed by atoms with Gasteiger partial charge in [-0.3, -0.25) is 14.9 Å². The van der Waals surface area contributed by atoms with E-state index in [1.165, 1.54) is 32.2 Å². The van der Waals surface area contributed by atoms with Gasteiger partial charge in [0, 0.05) is 12.1 Å². The highest BCUT2D eigenvalue weighted by Gasteiger charge is 2.21. The van der Waals surface area contributed by atoms with Crippen molar-refractivity contribution in [3.8, 4) is 11.5 Å². The number of hydrogen-bond donors (Lipinski definition) is 1. The Labute approximate surface area is 167 Å². The Morgan fingerprint density at radius 1 is 1.17 bits per heavy atom. The Kier molecular flexibility index (Phi) is 7.53. The van der Waals surface area contributed by atoms with Gasteiger partial charge in [0.2, 0.25) is 0 Å². The number of nitro benzene ring substituents is 1. The molecule has 1 N–H and O–H groups in total. The molecular formula is C20H22N2O7. The maximum absolute atomic E-state index is 12.4. The lowest BCUT2D eigenvalue weighted by molar-refractivity contribution is -0.384. The summed E-state index contributed by atoms with van der Waals surface area (Å²) >= 11 is 0. The van der Waals surface area contributed by atoms with Crippen LogP contribution in [-0.2, 0) is 9.53 Å². The van der Waals surface area contributed by atoms with Crippen LogP contribution >= 0.6 is 0 Å². The molecule has 9 nitrogen and oxygen atoms in total. The largest absolute Gasteiger partial charge is 0.495 e. The summed E-state index contributed by atoms with van der Waals surface area (Å²) < 4.78 is 15.7. The van der Waals surface area contributed by atoms with Gasteiger partial charge in [0.15, 0.2) is 6.10 Å². The van der Waals surface area contributed by atoms with Crippen LogP contribution in [0.5, 0.6) is 11.5 Å². The van der Waals surface area contributed by atoms with Crippen LogP contribution in [0.15, 0.2) is 42.5 Å². The smallest absolute Gasteiger partial charge is 0.338 e. The fourth-order valence-electron chi connectivity index (χ4n) is 2.33. The van der Waals surface area contributed by atoms with Crippen molar-refractivity contribution in [3.05, 3.63) is 58.1 Å². The van der Waals surface area contributed by atoms with E-state index >= 15 is 0 Å². The highest BCUT2D eigenvalue weighted by atomic mass is 16.6. The van der Waals surface area contributed by atoms with E-state index in [4.69, 9.17) is 14.2 Å². The molecule has 29 heavy (non-hydrogen) atoms.